The Morgan fingerprint density at radius 1 is 1.29 bits per heavy atom. The molecular weight excluding hydrogens is 184 g/mol. The number of carboxylic acid groups (broad SMARTS) is 1. The lowest BCUT2D eigenvalue weighted by molar-refractivity contribution is -0.147. The smallest absolute Gasteiger partial charge is 0.308 e. The number of hydrogen-bond acceptors (Lipinski definition) is 3. The molecule has 0 fully saturated rings. The molecule has 4 nitrogen and oxygen atoms in total. The molecule has 0 amide bonds. The quantitative estimate of drug-likeness (QED) is 0.599. The van der Waals surface area contributed by atoms with Gasteiger partial charge in [0.1, 0.15) is 0 Å². The van der Waals surface area contributed by atoms with E-state index in [-0.39, 0.29) is 0 Å². The van der Waals surface area contributed by atoms with Crippen molar-refractivity contribution < 1.29 is 20.1 Å². The minimum Gasteiger partial charge on any atom is -0.481 e. The van der Waals surface area contributed by atoms with Crippen LogP contribution < -0.4 is 0 Å². The molecule has 0 heterocycles. The number of aliphatic carboxylic acids is 1. The molecule has 0 aromatic heterocycles. The van der Waals surface area contributed by atoms with Gasteiger partial charge in [-0.2, -0.15) is 0 Å². The van der Waals surface area contributed by atoms with Gasteiger partial charge in [-0.25, -0.2) is 0 Å². The second-order valence-electron chi connectivity index (χ2n) is 3.83. The van der Waals surface area contributed by atoms with Gasteiger partial charge in [-0.05, 0) is 13.3 Å². The average Bonchev–Trinajstić information content (AvgIpc) is 2.14. The van der Waals surface area contributed by atoms with Crippen LogP contribution in [0.25, 0.3) is 0 Å². The summed E-state index contributed by atoms with van der Waals surface area (Å²) in [6.45, 7) is 5.05. The molecular formula is C10H20O4. The lowest BCUT2D eigenvalue weighted by Crippen LogP contribution is -2.37. The van der Waals surface area contributed by atoms with Gasteiger partial charge in [0.2, 0.25) is 0 Å². The zero-order valence-electron chi connectivity index (χ0n) is 8.97. The molecule has 0 saturated carbocycles. The van der Waals surface area contributed by atoms with Crippen LogP contribution in [0.1, 0.15) is 33.6 Å². The lowest BCUT2D eigenvalue weighted by Gasteiger charge is -2.26. The van der Waals surface area contributed by atoms with Gasteiger partial charge in [-0.3, -0.25) is 4.79 Å². The molecule has 4 unspecified atom stereocenters. The Balaban J connectivity index is 4.22. The van der Waals surface area contributed by atoms with E-state index in [0.29, 0.717) is 6.42 Å². The highest BCUT2D eigenvalue weighted by Gasteiger charge is 2.30. The normalized spacial score (nSPS) is 19.8. The van der Waals surface area contributed by atoms with Crippen LogP contribution in [0.4, 0.5) is 0 Å². The highest BCUT2D eigenvalue weighted by molar-refractivity contribution is 5.70. The monoisotopic (exact) mass is 204 g/mol. The first-order valence-electron chi connectivity index (χ1n) is 5.00. The summed E-state index contributed by atoms with van der Waals surface area (Å²) in [5.74, 6) is -2.27. The maximum absolute atomic E-state index is 10.6. The molecule has 3 N–H and O–H groups in total. The van der Waals surface area contributed by atoms with Gasteiger partial charge in [-0.15, -0.1) is 0 Å². The molecule has 0 aliphatic carbocycles. The van der Waals surface area contributed by atoms with Gasteiger partial charge >= 0.3 is 5.97 Å². The van der Waals surface area contributed by atoms with Crippen molar-refractivity contribution in [2.75, 3.05) is 0 Å². The topological polar surface area (TPSA) is 77.8 Å². The third-order valence-electron chi connectivity index (χ3n) is 2.63. The van der Waals surface area contributed by atoms with E-state index in [4.69, 9.17) is 5.11 Å². The molecule has 0 aromatic rings. The minimum atomic E-state index is -1.03. The maximum Gasteiger partial charge on any atom is 0.308 e. The third-order valence-corrected chi connectivity index (χ3v) is 2.63. The van der Waals surface area contributed by atoms with Crippen molar-refractivity contribution in [3.05, 3.63) is 0 Å². The molecule has 4 atom stereocenters. The Morgan fingerprint density at radius 2 is 1.79 bits per heavy atom. The van der Waals surface area contributed by atoms with E-state index >= 15 is 0 Å². The molecule has 84 valence electrons. The number of aliphatic hydroxyl groups excluding tert-OH is 2. The molecule has 0 aliphatic heterocycles. The summed E-state index contributed by atoms with van der Waals surface area (Å²) in [6.07, 6.45) is -0.213. The van der Waals surface area contributed by atoms with E-state index in [9.17, 15) is 15.0 Å². The molecule has 0 rings (SSSR count). The largest absolute Gasteiger partial charge is 0.481 e. The zero-order chi connectivity index (χ0) is 11.3. The van der Waals surface area contributed by atoms with E-state index in [0.717, 1.165) is 6.42 Å². The van der Waals surface area contributed by atoms with E-state index in [1.54, 1.807) is 6.92 Å². The molecule has 0 aliphatic rings. The lowest BCUT2D eigenvalue weighted by atomic mass is 9.88. The van der Waals surface area contributed by atoms with Crippen LogP contribution in [0.15, 0.2) is 0 Å². The summed E-state index contributed by atoms with van der Waals surface area (Å²) in [6, 6.07) is 0. The number of aliphatic hydroxyl groups is 2. The van der Waals surface area contributed by atoms with Crippen molar-refractivity contribution in [3.63, 3.8) is 0 Å². The van der Waals surface area contributed by atoms with E-state index < -0.39 is 30.0 Å². The Hall–Kier alpha value is -0.610. The van der Waals surface area contributed by atoms with Crippen LogP contribution in [0, 0.1) is 11.8 Å². The van der Waals surface area contributed by atoms with Crippen molar-refractivity contribution in [2.24, 2.45) is 11.8 Å². The average molecular weight is 204 g/mol. The van der Waals surface area contributed by atoms with Crippen molar-refractivity contribution in [1.82, 2.24) is 0 Å². The summed E-state index contributed by atoms with van der Waals surface area (Å²) in [5.41, 5.74) is 0. The molecule has 0 bridgehead atoms. The fourth-order valence-corrected chi connectivity index (χ4v) is 1.39. The number of hydrogen-bond donors (Lipinski definition) is 3. The van der Waals surface area contributed by atoms with Crippen LogP contribution in [0.2, 0.25) is 0 Å². The Morgan fingerprint density at radius 3 is 2.14 bits per heavy atom. The van der Waals surface area contributed by atoms with Gasteiger partial charge in [-0.1, -0.05) is 20.3 Å². The molecule has 4 heteroatoms. The predicted molar refractivity (Wildman–Crippen MR) is 52.9 cm³/mol. The molecule has 0 aromatic carbocycles. The standard InChI is InChI=1S/C10H20O4/c1-4-5-8(11)6(2)9(12)7(3)10(13)14/h6-9,11-12H,4-5H2,1-3H3,(H,13,14). The summed E-state index contributed by atoms with van der Waals surface area (Å²) < 4.78 is 0. The molecule has 0 radical (unpaired) electrons. The Bertz CT molecular complexity index is 181. The zero-order valence-corrected chi connectivity index (χ0v) is 8.97. The van der Waals surface area contributed by atoms with Gasteiger partial charge in [0.25, 0.3) is 0 Å². The number of carbonyl (C=O) groups is 1. The fraction of sp³-hybridized carbons (Fsp3) is 0.900. The summed E-state index contributed by atoms with van der Waals surface area (Å²) in [4.78, 5) is 10.6. The SMILES string of the molecule is CCCC(O)C(C)C(O)C(C)C(=O)O. The highest BCUT2D eigenvalue weighted by atomic mass is 16.4. The summed E-state index contributed by atoms with van der Waals surface area (Å²) in [5, 5.41) is 27.9. The summed E-state index contributed by atoms with van der Waals surface area (Å²) >= 11 is 0. The van der Waals surface area contributed by atoms with Crippen molar-refractivity contribution in [1.29, 1.82) is 0 Å². The van der Waals surface area contributed by atoms with Crippen LogP contribution in [-0.2, 0) is 4.79 Å². The summed E-state index contributed by atoms with van der Waals surface area (Å²) in [7, 11) is 0. The van der Waals surface area contributed by atoms with Crippen molar-refractivity contribution in [2.45, 2.75) is 45.8 Å². The second kappa shape index (κ2) is 5.98. The number of rotatable bonds is 6. The van der Waals surface area contributed by atoms with Gasteiger partial charge in [0.05, 0.1) is 18.1 Å². The van der Waals surface area contributed by atoms with Gasteiger partial charge in [0.15, 0.2) is 0 Å². The van der Waals surface area contributed by atoms with Crippen LogP contribution >= 0.6 is 0 Å². The van der Waals surface area contributed by atoms with Crippen LogP contribution in [0.5, 0.6) is 0 Å². The second-order valence-corrected chi connectivity index (χ2v) is 3.83. The fourth-order valence-electron chi connectivity index (χ4n) is 1.39. The van der Waals surface area contributed by atoms with Crippen LogP contribution in [-0.4, -0.2) is 33.5 Å². The first kappa shape index (κ1) is 13.4. The predicted octanol–water partition coefficient (Wildman–Crippen LogP) is 0.865. The van der Waals surface area contributed by atoms with Crippen LogP contribution in [0.3, 0.4) is 0 Å². The van der Waals surface area contributed by atoms with Crippen molar-refractivity contribution >= 4 is 5.97 Å². The molecule has 0 saturated heterocycles. The van der Waals surface area contributed by atoms with Gasteiger partial charge < -0.3 is 15.3 Å². The van der Waals surface area contributed by atoms with E-state index in [2.05, 4.69) is 0 Å². The van der Waals surface area contributed by atoms with Crippen molar-refractivity contribution in [3.8, 4) is 0 Å². The van der Waals surface area contributed by atoms with Gasteiger partial charge in [0, 0.05) is 5.92 Å². The molecule has 0 spiro atoms. The van der Waals surface area contributed by atoms with E-state index in [1.807, 2.05) is 6.92 Å². The molecule has 14 heavy (non-hydrogen) atoms. The Labute approximate surface area is 84.6 Å². The highest BCUT2D eigenvalue weighted by Crippen LogP contribution is 2.19. The number of carboxylic acids is 1. The first-order valence-corrected chi connectivity index (χ1v) is 5.00. The van der Waals surface area contributed by atoms with E-state index in [1.165, 1.54) is 6.92 Å². The maximum atomic E-state index is 10.6. The minimum absolute atomic E-state index is 0.402. The Kier molecular flexibility index (Phi) is 5.72. The third kappa shape index (κ3) is 3.64. The first-order chi connectivity index (χ1) is 6.41.